The van der Waals surface area contributed by atoms with Gasteiger partial charge in [0.05, 0.1) is 4.90 Å². The summed E-state index contributed by atoms with van der Waals surface area (Å²) in [5.41, 5.74) is 1.17. The molecule has 0 aliphatic carbocycles. The summed E-state index contributed by atoms with van der Waals surface area (Å²) in [6.45, 7) is -0.0688. The second kappa shape index (κ2) is 8.91. The number of halogens is 1. The molecule has 2 N–H and O–H groups in total. The number of anilines is 1. The monoisotopic (exact) mass is 414 g/mol. The molecule has 3 rings (SSSR count). The van der Waals surface area contributed by atoms with Crippen LogP contribution in [0.4, 0.5) is 10.5 Å². The van der Waals surface area contributed by atoms with E-state index in [2.05, 4.69) is 10.6 Å². The predicted octanol–water partition coefficient (Wildman–Crippen LogP) is 4.68. The number of benzene rings is 3. The van der Waals surface area contributed by atoms with Gasteiger partial charge in [0, 0.05) is 17.3 Å². The van der Waals surface area contributed by atoms with Crippen LogP contribution in [0.25, 0.3) is 0 Å². The number of nitrogens with one attached hydrogen (secondary N) is 2. The van der Waals surface area contributed by atoms with Crippen LogP contribution in [0.1, 0.15) is 10.8 Å². The highest BCUT2D eigenvalue weighted by atomic mass is 35.5. The number of hydrogen-bond donors (Lipinski definition) is 2. The second-order valence-corrected chi connectivity index (χ2v) is 8.67. The van der Waals surface area contributed by atoms with E-state index in [1.807, 2.05) is 6.07 Å². The molecule has 0 bridgehead atoms. The molecule has 0 saturated heterocycles. The second-order valence-electron chi connectivity index (χ2n) is 6.10. The lowest BCUT2D eigenvalue weighted by molar-refractivity contribution is 0.252. The van der Waals surface area contributed by atoms with Crippen LogP contribution in [0, 0.1) is 0 Å². The molecule has 2 amide bonds. The summed E-state index contributed by atoms with van der Waals surface area (Å²) in [7, 11) is -3.69. The van der Waals surface area contributed by atoms with E-state index in [1.54, 1.807) is 78.9 Å². The minimum atomic E-state index is -3.69. The highest BCUT2D eigenvalue weighted by molar-refractivity contribution is 7.91. The first kappa shape index (κ1) is 19.9. The SMILES string of the molecule is O=C(NC[C@H](c1ccccc1)S(=O)(=O)c1ccccc1)Nc1ccc(Cl)cc1. The minimum Gasteiger partial charge on any atom is -0.336 e. The maximum atomic E-state index is 13.2. The molecule has 0 radical (unpaired) electrons. The Morgan fingerprint density at radius 3 is 2.04 bits per heavy atom. The third-order valence-corrected chi connectivity index (χ3v) is 6.54. The third kappa shape index (κ3) is 4.91. The molecule has 0 saturated carbocycles. The normalized spacial score (nSPS) is 12.2. The van der Waals surface area contributed by atoms with Gasteiger partial charge >= 0.3 is 6.03 Å². The highest BCUT2D eigenvalue weighted by Crippen LogP contribution is 2.28. The lowest BCUT2D eigenvalue weighted by atomic mass is 10.1. The minimum absolute atomic E-state index is 0.0688. The average Bonchev–Trinajstić information content (AvgIpc) is 2.71. The van der Waals surface area contributed by atoms with Crippen molar-refractivity contribution in [2.75, 3.05) is 11.9 Å². The van der Waals surface area contributed by atoms with E-state index in [0.29, 0.717) is 16.3 Å². The van der Waals surface area contributed by atoms with Crippen LogP contribution < -0.4 is 10.6 Å². The predicted molar refractivity (Wildman–Crippen MR) is 111 cm³/mol. The molecule has 0 fully saturated rings. The van der Waals surface area contributed by atoms with Gasteiger partial charge in [-0.2, -0.15) is 0 Å². The van der Waals surface area contributed by atoms with Crippen molar-refractivity contribution in [2.24, 2.45) is 0 Å². The summed E-state index contributed by atoms with van der Waals surface area (Å²) in [6.07, 6.45) is 0. The van der Waals surface area contributed by atoms with E-state index in [9.17, 15) is 13.2 Å². The van der Waals surface area contributed by atoms with Gasteiger partial charge in [-0.15, -0.1) is 0 Å². The summed E-state index contributed by atoms with van der Waals surface area (Å²) in [4.78, 5) is 12.5. The number of carbonyl (C=O) groups is 1. The van der Waals surface area contributed by atoms with Gasteiger partial charge in [-0.05, 0) is 42.0 Å². The quantitative estimate of drug-likeness (QED) is 0.615. The number of hydrogen-bond acceptors (Lipinski definition) is 3. The molecule has 0 aliphatic rings. The summed E-state index contributed by atoms with van der Waals surface area (Å²) in [6, 6.07) is 23.2. The van der Waals surface area contributed by atoms with Gasteiger partial charge < -0.3 is 10.6 Å². The van der Waals surface area contributed by atoms with Gasteiger partial charge in [0.15, 0.2) is 9.84 Å². The van der Waals surface area contributed by atoms with Gasteiger partial charge in [-0.25, -0.2) is 13.2 Å². The van der Waals surface area contributed by atoms with Crippen molar-refractivity contribution < 1.29 is 13.2 Å². The highest BCUT2D eigenvalue weighted by Gasteiger charge is 2.29. The summed E-state index contributed by atoms with van der Waals surface area (Å²) in [5, 5.41) is 4.97. The van der Waals surface area contributed by atoms with Crippen molar-refractivity contribution >= 4 is 33.2 Å². The zero-order valence-electron chi connectivity index (χ0n) is 14.9. The molecule has 28 heavy (non-hydrogen) atoms. The maximum Gasteiger partial charge on any atom is 0.319 e. The van der Waals surface area contributed by atoms with E-state index in [4.69, 9.17) is 11.6 Å². The topological polar surface area (TPSA) is 75.3 Å². The lowest BCUT2D eigenvalue weighted by Crippen LogP contribution is -2.34. The van der Waals surface area contributed by atoms with Crippen molar-refractivity contribution in [3.05, 3.63) is 95.5 Å². The third-order valence-electron chi connectivity index (χ3n) is 4.17. The van der Waals surface area contributed by atoms with Crippen LogP contribution in [-0.4, -0.2) is 21.0 Å². The Kier molecular flexibility index (Phi) is 6.34. The Morgan fingerprint density at radius 1 is 0.857 bits per heavy atom. The van der Waals surface area contributed by atoms with E-state index in [0.717, 1.165) is 0 Å². The fourth-order valence-corrected chi connectivity index (χ4v) is 4.55. The molecule has 144 valence electrons. The standard InChI is InChI=1S/C21H19ClN2O3S/c22-17-11-13-18(14-12-17)24-21(25)23-15-20(16-7-3-1-4-8-16)28(26,27)19-9-5-2-6-10-19/h1-14,20H,15H2,(H2,23,24,25)/t20-/m1/s1. The first-order valence-corrected chi connectivity index (χ1v) is 10.5. The number of rotatable bonds is 6. The zero-order valence-corrected chi connectivity index (χ0v) is 16.5. The zero-order chi connectivity index (χ0) is 20.0. The Balaban J connectivity index is 1.78. The molecule has 7 heteroatoms. The van der Waals surface area contributed by atoms with E-state index < -0.39 is 21.1 Å². The van der Waals surface area contributed by atoms with Crippen LogP contribution in [-0.2, 0) is 9.84 Å². The molecular weight excluding hydrogens is 396 g/mol. The number of sulfone groups is 1. The molecule has 1 atom stereocenters. The van der Waals surface area contributed by atoms with Gasteiger partial charge in [0.25, 0.3) is 0 Å². The number of amides is 2. The van der Waals surface area contributed by atoms with E-state index in [-0.39, 0.29) is 11.4 Å². The maximum absolute atomic E-state index is 13.2. The summed E-state index contributed by atoms with van der Waals surface area (Å²) >= 11 is 5.83. The fourth-order valence-electron chi connectivity index (χ4n) is 2.74. The number of carbonyl (C=O) groups excluding carboxylic acids is 1. The number of urea groups is 1. The van der Waals surface area contributed by atoms with Gasteiger partial charge in [-0.1, -0.05) is 60.1 Å². The van der Waals surface area contributed by atoms with Crippen molar-refractivity contribution in [2.45, 2.75) is 10.1 Å². The van der Waals surface area contributed by atoms with Crippen molar-refractivity contribution in [1.29, 1.82) is 0 Å². The first-order valence-electron chi connectivity index (χ1n) is 8.61. The van der Waals surface area contributed by atoms with Crippen LogP contribution >= 0.6 is 11.6 Å². The van der Waals surface area contributed by atoms with Crippen molar-refractivity contribution in [1.82, 2.24) is 5.32 Å². The molecule has 3 aromatic carbocycles. The Morgan fingerprint density at radius 2 is 1.43 bits per heavy atom. The summed E-state index contributed by atoms with van der Waals surface area (Å²) < 4.78 is 26.3. The van der Waals surface area contributed by atoms with E-state index >= 15 is 0 Å². The molecule has 0 unspecified atom stereocenters. The molecule has 0 aliphatic heterocycles. The van der Waals surface area contributed by atoms with Crippen LogP contribution in [0.15, 0.2) is 89.8 Å². The smallest absolute Gasteiger partial charge is 0.319 e. The van der Waals surface area contributed by atoms with Gasteiger partial charge in [0.2, 0.25) is 0 Å². The molecular formula is C21H19ClN2O3S. The van der Waals surface area contributed by atoms with Crippen LogP contribution in [0.5, 0.6) is 0 Å². The van der Waals surface area contributed by atoms with Crippen molar-refractivity contribution in [3.8, 4) is 0 Å². The van der Waals surface area contributed by atoms with Crippen LogP contribution in [0.2, 0.25) is 5.02 Å². The Hall–Kier alpha value is -2.83. The summed E-state index contributed by atoms with van der Waals surface area (Å²) in [5.74, 6) is 0. The van der Waals surface area contributed by atoms with Gasteiger partial charge in [0.1, 0.15) is 5.25 Å². The Labute approximate surface area is 169 Å². The van der Waals surface area contributed by atoms with Crippen molar-refractivity contribution in [3.63, 3.8) is 0 Å². The first-order chi connectivity index (χ1) is 13.5. The molecule has 0 aromatic heterocycles. The largest absolute Gasteiger partial charge is 0.336 e. The fraction of sp³-hybridized carbons (Fsp3) is 0.0952. The van der Waals surface area contributed by atoms with E-state index in [1.165, 1.54) is 0 Å². The molecule has 0 heterocycles. The average molecular weight is 415 g/mol. The lowest BCUT2D eigenvalue weighted by Gasteiger charge is -2.19. The van der Waals surface area contributed by atoms with Crippen LogP contribution in [0.3, 0.4) is 0 Å². The van der Waals surface area contributed by atoms with Gasteiger partial charge in [-0.3, -0.25) is 0 Å². The Bertz CT molecular complexity index is 1020. The molecule has 0 spiro atoms. The molecule has 3 aromatic rings. The molecule has 5 nitrogen and oxygen atoms in total.